The molecule has 1 N–H and O–H groups in total. The highest BCUT2D eigenvalue weighted by molar-refractivity contribution is 6.33. The van der Waals surface area contributed by atoms with Gasteiger partial charge in [-0.2, -0.15) is 4.39 Å². The second kappa shape index (κ2) is 6.15. The van der Waals surface area contributed by atoms with Crippen LogP contribution in [0.1, 0.15) is 5.56 Å². The summed E-state index contributed by atoms with van der Waals surface area (Å²) in [6.45, 7) is 0.123. The van der Waals surface area contributed by atoms with Gasteiger partial charge in [0, 0.05) is 6.20 Å². The zero-order valence-corrected chi connectivity index (χ0v) is 10.5. The third kappa shape index (κ3) is 3.66. The van der Waals surface area contributed by atoms with Gasteiger partial charge in [0.25, 0.3) is 0 Å². The Bertz CT molecular complexity index is 578. The van der Waals surface area contributed by atoms with E-state index in [9.17, 15) is 9.18 Å². The van der Waals surface area contributed by atoms with Crippen LogP contribution in [0.15, 0.2) is 42.6 Å². The van der Waals surface area contributed by atoms with Gasteiger partial charge in [0.05, 0.1) is 5.69 Å². The SMILES string of the molecule is O=C(Nc1ccnc(F)c1Cl)OCc1ccccc1. The average Bonchev–Trinajstić information content (AvgIpc) is 2.43. The zero-order chi connectivity index (χ0) is 13.7. The predicted molar refractivity (Wildman–Crippen MR) is 69.5 cm³/mol. The lowest BCUT2D eigenvalue weighted by molar-refractivity contribution is 0.155. The molecule has 0 unspecified atom stereocenters. The molecule has 4 nitrogen and oxygen atoms in total. The van der Waals surface area contributed by atoms with Crippen molar-refractivity contribution in [3.05, 3.63) is 59.1 Å². The molecule has 0 saturated heterocycles. The van der Waals surface area contributed by atoms with E-state index in [1.165, 1.54) is 12.3 Å². The van der Waals surface area contributed by atoms with Crippen molar-refractivity contribution < 1.29 is 13.9 Å². The van der Waals surface area contributed by atoms with E-state index < -0.39 is 12.0 Å². The van der Waals surface area contributed by atoms with E-state index in [0.717, 1.165) is 5.56 Å². The fourth-order valence-corrected chi connectivity index (χ4v) is 1.54. The van der Waals surface area contributed by atoms with Gasteiger partial charge in [-0.1, -0.05) is 41.9 Å². The number of halogens is 2. The molecule has 0 aliphatic carbocycles. The summed E-state index contributed by atoms with van der Waals surface area (Å²) in [5.41, 5.74) is 0.969. The monoisotopic (exact) mass is 280 g/mol. The number of carbonyl (C=O) groups excluding carboxylic acids is 1. The van der Waals surface area contributed by atoms with Crippen molar-refractivity contribution in [3.8, 4) is 0 Å². The standard InChI is InChI=1S/C13H10ClFN2O2/c14-11-10(6-7-16-12(11)15)17-13(18)19-8-9-4-2-1-3-5-9/h1-7H,8H2,(H,16,17,18). The van der Waals surface area contributed by atoms with E-state index in [0.29, 0.717) is 0 Å². The van der Waals surface area contributed by atoms with Crippen molar-refractivity contribution in [2.45, 2.75) is 6.61 Å². The van der Waals surface area contributed by atoms with Crippen molar-refractivity contribution >= 4 is 23.4 Å². The number of carbonyl (C=O) groups is 1. The number of amides is 1. The minimum atomic E-state index is -0.845. The third-order valence-corrected chi connectivity index (χ3v) is 2.66. The molecule has 0 fully saturated rings. The van der Waals surface area contributed by atoms with Crippen molar-refractivity contribution in [1.82, 2.24) is 4.98 Å². The first kappa shape index (κ1) is 13.3. The maximum atomic E-state index is 13.0. The molecule has 0 spiro atoms. The molecular formula is C13H10ClFN2O2. The van der Waals surface area contributed by atoms with Gasteiger partial charge >= 0.3 is 6.09 Å². The molecule has 0 aliphatic rings. The number of benzene rings is 1. The van der Waals surface area contributed by atoms with Crippen LogP contribution in [0.3, 0.4) is 0 Å². The first-order valence-electron chi connectivity index (χ1n) is 5.44. The van der Waals surface area contributed by atoms with E-state index in [1.807, 2.05) is 30.3 Å². The molecule has 0 bridgehead atoms. The van der Waals surface area contributed by atoms with Gasteiger partial charge in [-0.05, 0) is 11.6 Å². The fourth-order valence-electron chi connectivity index (χ4n) is 1.38. The number of anilines is 1. The Hall–Kier alpha value is -2.14. The Morgan fingerprint density at radius 2 is 2.05 bits per heavy atom. The Morgan fingerprint density at radius 3 is 2.79 bits per heavy atom. The lowest BCUT2D eigenvalue weighted by Crippen LogP contribution is -2.14. The van der Waals surface area contributed by atoms with Crippen LogP contribution in [0.2, 0.25) is 5.02 Å². The van der Waals surface area contributed by atoms with Crippen LogP contribution < -0.4 is 5.32 Å². The van der Waals surface area contributed by atoms with Gasteiger partial charge in [-0.15, -0.1) is 0 Å². The number of nitrogens with one attached hydrogen (secondary N) is 1. The summed E-state index contributed by atoms with van der Waals surface area (Å²) in [5.74, 6) is -0.845. The molecule has 0 atom stereocenters. The van der Waals surface area contributed by atoms with Crippen LogP contribution in [-0.2, 0) is 11.3 Å². The van der Waals surface area contributed by atoms with Gasteiger partial charge in [-0.25, -0.2) is 9.78 Å². The molecule has 1 aromatic heterocycles. The Labute approximate surface area is 114 Å². The molecule has 1 aromatic carbocycles. The predicted octanol–water partition coefficient (Wildman–Crippen LogP) is 3.62. The van der Waals surface area contributed by atoms with Crippen LogP contribution in [0.4, 0.5) is 14.9 Å². The quantitative estimate of drug-likeness (QED) is 0.874. The lowest BCUT2D eigenvalue weighted by atomic mass is 10.2. The van der Waals surface area contributed by atoms with Gasteiger partial charge in [-0.3, -0.25) is 5.32 Å². The second-order valence-corrected chi connectivity index (χ2v) is 4.03. The number of hydrogen-bond donors (Lipinski definition) is 1. The summed E-state index contributed by atoms with van der Waals surface area (Å²) >= 11 is 5.65. The van der Waals surface area contributed by atoms with E-state index in [2.05, 4.69) is 10.3 Å². The van der Waals surface area contributed by atoms with E-state index >= 15 is 0 Å². The molecular weight excluding hydrogens is 271 g/mol. The molecule has 0 aliphatic heterocycles. The molecule has 98 valence electrons. The van der Waals surface area contributed by atoms with Crippen LogP contribution in [0.25, 0.3) is 0 Å². The summed E-state index contributed by atoms with van der Waals surface area (Å²) in [6, 6.07) is 10.6. The second-order valence-electron chi connectivity index (χ2n) is 3.65. The summed E-state index contributed by atoms with van der Waals surface area (Å²) < 4.78 is 18.0. The van der Waals surface area contributed by atoms with Crippen molar-refractivity contribution in [2.75, 3.05) is 5.32 Å². The molecule has 0 saturated carbocycles. The molecule has 2 rings (SSSR count). The van der Waals surface area contributed by atoms with Crippen molar-refractivity contribution in [2.24, 2.45) is 0 Å². The van der Waals surface area contributed by atoms with Crippen LogP contribution >= 0.6 is 11.6 Å². The van der Waals surface area contributed by atoms with Gasteiger partial charge in [0.1, 0.15) is 11.6 Å². The highest BCUT2D eigenvalue weighted by Gasteiger charge is 2.10. The summed E-state index contributed by atoms with van der Waals surface area (Å²) in [7, 11) is 0. The van der Waals surface area contributed by atoms with E-state index in [-0.39, 0.29) is 17.3 Å². The molecule has 1 heterocycles. The maximum Gasteiger partial charge on any atom is 0.412 e. The van der Waals surface area contributed by atoms with Gasteiger partial charge in [0.15, 0.2) is 0 Å². The first-order valence-corrected chi connectivity index (χ1v) is 5.82. The Balaban J connectivity index is 1.93. The zero-order valence-electron chi connectivity index (χ0n) is 9.77. The molecule has 1 amide bonds. The molecule has 19 heavy (non-hydrogen) atoms. The molecule has 6 heteroatoms. The normalized spacial score (nSPS) is 10.0. The lowest BCUT2D eigenvalue weighted by Gasteiger charge is -2.08. The minimum Gasteiger partial charge on any atom is -0.444 e. The number of rotatable bonds is 3. The Kier molecular flexibility index (Phi) is 4.30. The number of hydrogen-bond acceptors (Lipinski definition) is 3. The van der Waals surface area contributed by atoms with Gasteiger partial charge in [0.2, 0.25) is 5.95 Å². The smallest absolute Gasteiger partial charge is 0.412 e. The average molecular weight is 281 g/mol. The van der Waals surface area contributed by atoms with Crippen molar-refractivity contribution in [3.63, 3.8) is 0 Å². The largest absolute Gasteiger partial charge is 0.444 e. The molecule has 0 radical (unpaired) electrons. The topological polar surface area (TPSA) is 51.2 Å². The van der Waals surface area contributed by atoms with Gasteiger partial charge < -0.3 is 4.74 Å². The van der Waals surface area contributed by atoms with E-state index in [4.69, 9.17) is 16.3 Å². The fraction of sp³-hybridized carbons (Fsp3) is 0.0769. The summed E-state index contributed by atoms with van der Waals surface area (Å²) in [4.78, 5) is 14.9. The molecule has 2 aromatic rings. The third-order valence-electron chi connectivity index (χ3n) is 2.30. The number of pyridine rings is 1. The van der Waals surface area contributed by atoms with Crippen LogP contribution in [-0.4, -0.2) is 11.1 Å². The first-order chi connectivity index (χ1) is 9.16. The maximum absolute atomic E-state index is 13.0. The summed E-state index contributed by atoms with van der Waals surface area (Å²) in [5, 5.41) is 2.10. The van der Waals surface area contributed by atoms with Crippen LogP contribution in [0, 0.1) is 5.95 Å². The number of aromatic nitrogens is 1. The van der Waals surface area contributed by atoms with E-state index in [1.54, 1.807) is 0 Å². The minimum absolute atomic E-state index is 0.118. The number of ether oxygens (including phenoxy) is 1. The van der Waals surface area contributed by atoms with Crippen LogP contribution in [0.5, 0.6) is 0 Å². The highest BCUT2D eigenvalue weighted by Crippen LogP contribution is 2.22. The summed E-state index contributed by atoms with van der Waals surface area (Å²) in [6.07, 6.45) is 0.491. The number of nitrogens with zero attached hydrogens (tertiary/aromatic N) is 1. The highest BCUT2D eigenvalue weighted by atomic mass is 35.5. The van der Waals surface area contributed by atoms with Crippen molar-refractivity contribution in [1.29, 1.82) is 0 Å². The Morgan fingerprint density at radius 1 is 1.32 bits per heavy atom.